The first-order valence-corrected chi connectivity index (χ1v) is 7.34. The van der Waals surface area contributed by atoms with E-state index in [1.165, 1.54) is 37.2 Å². The van der Waals surface area contributed by atoms with Crippen LogP contribution in [0.1, 0.15) is 43.8 Å². The lowest BCUT2D eigenvalue weighted by Gasteiger charge is -2.03. The van der Waals surface area contributed by atoms with Crippen molar-refractivity contribution < 1.29 is 4.74 Å². The Hall–Kier alpha value is -0.680. The molecule has 5 heteroatoms. The number of nitrogens with zero attached hydrogens (tertiary/aromatic N) is 2. The third-order valence-electron chi connectivity index (χ3n) is 3.18. The predicted molar refractivity (Wildman–Crippen MR) is 68.5 cm³/mol. The highest BCUT2D eigenvalue weighted by molar-refractivity contribution is 7.09. The Morgan fingerprint density at radius 2 is 2.18 bits per heavy atom. The number of anilines is 1. The Bertz CT molecular complexity index is 360. The molecule has 17 heavy (non-hydrogen) atoms. The number of hydrogen-bond acceptors (Lipinski definition) is 5. The van der Waals surface area contributed by atoms with E-state index in [-0.39, 0.29) is 0 Å². The predicted octanol–water partition coefficient (Wildman–Crippen LogP) is 2.64. The molecule has 3 rings (SSSR count). The van der Waals surface area contributed by atoms with Gasteiger partial charge in [0.25, 0.3) is 0 Å². The van der Waals surface area contributed by atoms with Gasteiger partial charge in [0.1, 0.15) is 5.82 Å². The van der Waals surface area contributed by atoms with Gasteiger partial charge < -0.3 is 10.1 Å². The Balaban J connectivity index is 1.27. The lowest BCUT2D eigenvalue weighted by Crippen LogP contribution is -2.06. The van der Waals surface area contributed by atoms with Gasteiger partial charge in [0.05, 0.1) is 0 Å². The van der Waals surface area contributed by atoms with E-state index in [2.05, 4.69) is 14.7 Å². The molecule has 94 valence electrons. The van der Waals surface area contributed by atoms with E-state index in [4.69, 9.17) is 4.74 Å². The summed E-state index contributed by atoms with van der Waals surface area (Å²) in [6.45, 7) is 2.76. The molecule has 0 aromatic carbocycles. The van der Waals surface area contributed by atoms with Crippen molar-refractivity contribution in [3.05, 3.63) is 5.82 Å². The molecular formula is C12H19N3OS. The number of aromatic nitrogens is 2. The molecule has 0 saturated heterocycles. The maximum atomic E-state index is 5.58. The Labute approximate surface area is 106 Å². The molecule has 1 aromatic heterocycles. The summed E-state index contributed by atoms with van der Waals surface area (Å²) in [5, 5.41) is 4.28. The van der Waals surface area contributed by atoms with Crippen molar-refractivity contribution in [2.24, 2.45) is 5.92 Å². The van der Waals surface area contributed by atoms with E-state index < -0.39 is 0 Å². The zero-order valence-electron chi connectivity index (χ0n) is 10.0. The highest BCUT2D eigenvalue weighted by Gasteiger charge is 2.27. The minimum atomic E-state index is 0.656. The topological polar surface area (TPSA) is 47.0 Å². The number of hydrogen-bond donors (Lipinski definition) is 1. The minimum absolute atomic E-state index is 0.656. The van der Waals surface area contributed by atoms with Crippen LogP contribution in [0, 0.1) is 5.92 Å². The first-order valence-electron chi connectivity index (χ1n) is 6.57. The molecule has 0 radical (unpaired) electrons. The van der Waals surface area contributed by atoms with E-state index in [0.29, 0.717) is 5.92 Å². The highest BCUT2D eigenvalue weighted by Crippen LogP contribution is 2.39. The molecule has 1 N–H and O–H groups in total. The van der Waals surface area contributed by atoms with Gasteiger partial charge in [0, 0.05) is 37.2 Å². The summed E-state index contributed by atoms with van der Waals surface area (Å²) in [6, 6.07) is 0. The summed E-state index contributed by atoms with van der Waals surface area (Å²) in [6.07, 6.45) is 6.32. The quantitative estimate of drug-likeness (QED) is 0.724. The van der Waals surface area contributed by atoms with Gasteiger partial charge in [-0.25, -0.2) is 4.98 Å². The van der Waals surface area contributed by atoms with Gasteiger partial charge in [-0.1, -0.05) is 0 Å². The van der Waals surface area contributed by atoms with E-state index in [1.807, 2.05) is 0 Å². The molecule has 0 atom stereocenters. The molecule has 0 amide bonds. The monoisotopic (exact) mass is 253 g/mol. The second-order valence-corrected chi connectivity index (χ2v) is 5.78. The summed E-state index contributed by atoms with van der Waals surface area (Å²) in [5.41, 5.74) is 0. The second kappa shape index (κ2) is 5.31. The lowest BCUT2D eigenvalue weighted by molar-refractivity contribution is 0.124. The van der Waals surface area contributed by atoms with E-state index in [9.17, 15) is 0 Å². The molecule has 0 unspecified atom stereocenters. The van der Waals surface area contributed by atoms with Gasteiger partial charge >= 0.3 is 0 Å². The molecule has 1 heterocycles. The average Bonchev–Trinajstić information content (AvgIpc) is 3.24. The average molecular weight is 253 g/mol. The maximum Gasteiger partial charge on any atom is 0.202 e. The first kappa shape index (κ1) is 11.4. The molecule has 2 fully saturated rings. The van der Waals surface area contributed by atoms with E-state index >= 15 is 0 Å². The van der Waals surface area contributed by atoms with E-state index in [1.54, 1.807) is 0 Å². The second-order valence-electron chi connectivity index (χ2n) is 5.03. The third-order valence-corrected chi connectivity index (χ3v) is 3.86. The summed E-state index contributed by atoms with van der Waals surface area (Å²) < 4.78 is 9.94. The number of nitrogens with one attached hydrogen (secondary N) is 1. The highest BCUT2D eigenvalue weighted by atomic mass is 32.1. The van der Waals surface area contributed by atoms with Crippen LogP contribution >= 0.6 is 11.5 Å². The summed E-state index contributed by atoms with van der Waals surface area (Å²) in [5.74, 6) is 2.57. The van der Waals surface area contributed by atoms with E-state index in [0.717, 1.165) is 43.1 Å². The van der Waals surface area contributed by atoms with Gasteiger partial charge in [-0.2, -0.15) is 4.37 Å². The molecule has 2 saturated carbocycles. The standard InChI is InChI=1S/C12H19N3OS/c1(7-16-8-9-2-3-9)6-13-12-14-11(15-17-12)10-4-5-10/h9-10H,1-8H2,(H,13,14,15). The smallest absolute Gasteiger partial charge is 0.202 e. The summed E-state index contributed by atoms with van der Waals surface area (Å²) >= 11 is 1.48. The van der Waals surface area contributed by atoms with Crippen LogP contribution in [0.3, 0.4) is 0 Å². The molecule has 0 bridgehead atoms. The molecular weight excluding hydrogens is 234 g/mol. The fourth-order valence-electron chi connectivity index (χ4n) is 1.72. The summed E-state index contributed by atoms with van der Waals surface area (Å²) in [4.78, 5) is 4.48. The molecule has 0 spiro atoms. The third kappa shape index (κ3) is 3.64. The molecule has 4 nitrogen and oxygen atoms in total. The van der Waals surface area contributed by atoms with Crippen molar-refractivity contribution in [2.45, 2.75) is 38.0 Å². The van der Waals surface area contributed by atoms with Crippen molar-refractivity contribution in [1.29, 1.82) is 0 Å². The van der Waals surface area contributed by atoms with Crippen LogP contribution in [-0.2, 0) is 4.74 Å². The van der Waals surface area contributed by atoms with Crippen LogP contribution in [0.2, 0.25) is 0 Å². The molecule has 2 aliphatic carbocycles. The minimum Gasteiger partial charge on any atom is -0.381 e. The number of ether oxygens (including phenoxy) is 1. The molecule has 1 aromatic rings. The number of rotatable bonds is 8. The van der Waals surface area contributed by atoms with Crippen molar-refractivity contribution in [3.8, 4) is 0 Å². The Morgan fingerprint density at radius 1 is 1.29 bits per heavy atom. The van der Waals surface area contributed by atoms with Gasteiger partial charge in [-0.05, 0) is 38.0 Å². The van der Waals surface area contributed by atoms with Gasteiger partial charge in [0.2, 0.25) is 5.13 Å². The van der Waals surface area contributed by atoms with Crippen molar-refractivity contribution in [2.75, 3.05) is 25.1 Å². The van der Waals surface area contributed by atoms with Crippen LogP contribution in [0.25, 0.3) is 0 Å². The van der Waals surface area contributed by atoms with Crippen molar-refractivity contribution in [1.82, 2.24) is 9.36 Å². The van der Waals surface area contributed by atoms with Crippen molar-refractivity contribution >= 4 is 16.7 Å². The van der Waals surface area contributed by atoms with Crippen molar-refractivity contribution in [3.63, 3.8) is 0 Å². The van der Waals surface area contributed by atoms with Gasteiger partial charge in [-0.3, -0.25) is 0 Å². The Kier molecular flexibility index (Phi) is 3.57. The molecule has 2 aliphatic rings. The van der Waals surface area contributed by atoms with Crippen LogP contribution < -0.4 is 5.32 Å². The summed E-state index contributed by atoms with van der Waals surface area (Å²) in [7, 11) is 0. The molecule has 0 aliphatic heterocycles. The lowest BCUT2D eigenvalue weighted by atomic mass is 10.4. The van der Waals surface area contributed by atoms with Gasteiger partial charge in [-0.15, -0.1) is 0 Å². The zero-order chi connectivity index (χ0) is 11.5. The van der Waals surface area contributed by atoms with Crippen LogP contribution in [0.15, 0.2) is 0 Å². The fourth-order valence-corrected chi connectivity index (χ4v) is 2.39. The van der Waals surface area contributed by atoms with Crippen LogP contribution in [-0.4, -0.2) is 29.1 Å². The first-order chi connectivity index (χ1) is 8.42. The largest absolute Gasteiger partial charge is 0.381 e. The van der Waals surface area contributed by atoms with Crippen LogP contribution in [0.4, 0.5) is 5.13 Å². The SMILES string of the molecule is C(CNc1nc(C2CC2)ns1)COCC1CC1. The Morgan fingerprint density at radius 3 is 2.94 bits per heavy atom. The fraction of sp³-hybridized carbons (Fsp3) is 0.833. The normalized spacial score (nSPS) is 19.5. The maximum absolute atomic E-state index is 5.58. The van der Waals surface area contributed by atoms with Crippen LogP contribution in [0.5, 0.6) is 0 Å². The van der Waals surface area contributed by atoms with Gasteiger partial charge in [0.15, 0.2) is 0 Å². The zero-order valence-corrected chi connectivity index (χ0v) is 10.8.